The van der Waals surface area contributed by atoms with Crippen LogP contribution < -0.4 is 15.4 Å². The standard InChI is InChI=1S/C15H22N2O3/c1-4-20-13-7-5-12(6-8-13)9-14(18)16-10-15(19)17-11(2)3/h5-8,11H,4,9-10H2,1-3H3,(H,16,18)(H,17,19). The number of amides is 2. The normalized spacial score (nSPS) is 10.2. The van der Waals surface area contributed by atoms with Crippen molar-refractivity contribution in [3.05, 3.63) is 29.8 Å². The Kier molecular flexibility index (Phi) is 6.56. The summed E-state index contributed by atoms with van der Waals surface area (Å²) in [6, 6.07) is 7.43. The smallest absolute Gasteiger partial charge is 0.239 e. The van der Waals surface area contributed by atoms with Crippen molar-refractivity contribution in [1.82, 2.24) is 10.6 Å². The molecule has 0 bridgehead atoms. The van der Waals surface area contributed by atoms with E-state index in [0.717, 1.165) is 11.3 Å². The molecule has 0 aliphatic carbocycles. The fraction of sp³-hybridized carbons (Fsp3) is 0.467. The van der Waals surface area contributed by atoms with E-state index in [0.29, 0.717) is 6.61 Å². The molecule has 2 amide bonds. The first kappa shape index (κ1) is 16.0. The topological polar surface area (TPSA) is 67.4 Å². The van der Waals surface area contributed by atoms with Crippen LogP contribution in [0.1, 0.15) is 26.3 Å². The number of rotatable bonds is 7. The summed E-state index contributed by atoms with van der Waals surface area (Å²) in [5, 5.41) is 5.31. The average Bonchev–Trinajstić information content (AvgIpc) is 2.38. The zero-order valence-corrected chi connectivity index (χ0v) is 12.2. The summed E-state index contributed by atoms with van der Waals surface area (Å²) in [5.74, 6) is 0.432. The second kappa shape index (κ2) is 8.19. The third kappa shape index (κ3) is 6.22. The van der Waals surface area contributed by atoms with Gasteiger partial charge in [-0.1, -0.05) is 12.1 Å². The molecule has 0 radical (unpaired) electrons. The van der Waals surface area contributed by atoms with Crippen LogP contribution in [0.3, 0.4) is 0 Å². The molecule has 5 heteroatoms. The first-order valence-electron chi connectivity index (χ1n) is 6.79. The molecule has 0 atom stereocenters. The predicted molar refractivity (Wildman–Crippen MR) is 77.6 cm³/mol. The van der Waals surface area contributed by atoms with E-state index in [9.17, 15) is 9.59 Å². The summed E-state index contributed by atoms with van der Waals surface area (Å²) in [6.45, 7) is 6.29. The van der Waals surface area contributed by atoms with Crippen molar-refractivity contribution in [3.63, 3.8) is 0 Å². The average molecular weight is 278 g/mol. The summed E-state index contributed by atoms with van der Waals surface area (Å²) in [4.78, 5) is 23.1. The molecule has 20 heavy (non-hydrogen) atoms. The maximum Gasteiger partial charge on any atom is 0.239 e. The molecule has 0 spiro atoms. The number of hydrogen-bond acceptors (Lipinski definition) is 3. The third-order valence-corrected chi connectivity index (χ3v) is 2.49. The molecule has 0 fully saturated rings. The van der Waals surface area contributed by atoms with E-state index in [1.165, 1.54) is 0 Å². The first-order chi connectivity index (χ1) is 9.51. The lowest BCUT2D eigenvalue weighted by Crippen LogP contribution is -2.40. The van der Waals surface area contributed by atoms with Crippen molar-refractivity contribution in [3.8, 4) is 5.75 Å². The maximum absolute atomic E-state index is 11.7. The van der Waals surface area contributed by atoms with Crippen LogP contribution in [0.4, 0.5) is 0 Å². The molecular formula is C15H22N2O3. The Labute approximate surface area is 119 Å². The zero-order chi connectivity index (χ0) is 15.0. The Morgan fingerprint density at radius 3 is 2.35 bits per heavy atom. The van der Waals surface area contributed by atoms with Crippen molar-refractivity contribution >= 4 is 11.8 Å². The molecule has 1 aromatic rings. The summed E-state index contributed by atoms with van der Waals surface area (Å²) >= 11 is 0. The van der Waals surface area contributed by atoms with Crippen LogP contribution in [0, 0.1) is 0 Å². The monoisotopic (exact) mass is 278 g/mol. The number of carbonyl (C=O) groups is 2. The van der Waals surface area contributed by atoms with Crippen LogP contribution in [0.2, 0.25) is 0 Å². The summed E-state index contributed by atoms with van der Waals surface area (Å²) in [6.07, 6.45) is 0.251. The van der Waals surface area contributed by atoms with Gasteiger partial charge < -0.3 is 15.4 Å². The van der Waals surface area contributed by atoms with Gasteiger partial charge in [-0.2, -0.15) is 0 Å². The summed E-state index contributed by atoms with van der Waals surface area (Å²) in [7, 11) is 0. The summed E-state index contributed by atoms with van der Waals surface area (Å²) in [5.41, 5.74) is 0.884. The third-order valence-electron chi connectivity index (χ3n) is 2.49. The van der Waals surface area contributed by atoms with Crippen molar-refractivity contribution in [2.75, 3.05) is 13.2 Å². The minimum Gasteiger partial charge on any atom is -0.494 e. The number of hydrogen-bond donors (Lipinski definition) is 2. The fourth-order valence-electron chi connectivity index (χ4n) is 1.67. The first-order valence-corrected chi connectivity index (χ1v) is 6.79. The second-order valence-corrected chi connectivity index (χ2v) is 4.75. The van der Waals surface area contributed by atoms with Gasteiger partial charge in [0.2, 0.25) is 11.8 Å². The highest BCUT2D eigenvalue weighted by Gasteiger charge is 2.07. The lowest BCUT2D eigenvalue weighted by atomic mass is 10.1. The minimum atomic E-state index is -0.181. The molecule has 1 rings (SSSR count). The number of carbonyl (C=O) groups excluding carboxylic acids is 2. The SMILES string of the molecule is CCOc1ccc(CC(=O)NCC(=O)NC(C)C)cc1. The van der Waals surface area contributed by atoms with E-state index >= 15 is 0 Å². The lowest BCUT2D eigenvalue weighted by molar-refractivity contribution is -0.126. The van der Waals surface area contributed by atoms with Crippen LogP contribution >= 0.6 is 0 Å². The Bertz CT molecular complexity index is 441. The number of nitrogens with one attached hydrogen (secondary N) is 2. The molecule has 110 valence electrons. The van der Waals surface area contributed by atoms with Gasteiger partial charge in [-0.05, 0) is 38.5 Å². The number of benzene rings is 1. The highest BCUT2D eigenvalue weighted by Crippen LogP contribution is 2.12. The zero-order valence-electron chi connectivity index (χ0n) is 12.2. The minimum absolute atomic E-state index is 0.00798. The molecule has 0 saturated carbocycles. The molecule has 0 aliphatic heterocycles. The fourth-order valence-corrected chi connectivity index (χ4v) is 1.67. The van der Waals surface area contributed by atoms with Gasteiger partial charge in [-0.15, -0.1) is 0 Å². The van der Waals surface area contributed by atoms with Gasteiger partial charge in [0.25, 0.3) is 0 Å². The van der Waals surface area contributed by atoms with Crippen LogP contribution in [0.5, 0.6) is 5.75 Å². The lowest BCUT2D eigenvalue weighted by Gasteiger charge is -2.09. The molecule has 0 saturated heterocycles. The van der Waals surface area contributed by atoms with Gasteiger partial charge in [0, 0.05) is 6.04 Å². The highest BCUT2D eigenvalue weighted by atomic mass is 16.5. The van der Waals surface area contributed by atoms with Gasteiger partial charge in [0.1, 0.15) is 5.75 Å². The van der Waals surface area contributed by atoms with Gasteiger partial charge >= 0.3 is 0 Å². The van der Waals surface area contributed by atoms with Crippen molar-refractivity contribution in [2.45, 2.75) is 33.2 Å². The molecular weight excluding hydrogens is 256 g/mol. The Morgan fingerprint density at radius 2 is 1.80 bits per heavy atom. The molecule has 0 heterocycles. The molecule has 5 nitrogen and oxygen atoms in total. The van der Waals surface area contributed by atoms with E-state index in [2.05, 4.69) is 10.6 Å². The van der Waals surface area contributed by atoms with Crippen LogP contribution in [-0.2, 0) is 16.0 Å². The van der Waals surface area contributed by atoms with E-state index in [4.69, 9.17) is 4.74 Å². The summed E-state index contributed by atoms with van der Waals surface area (Å²) < 4.78 is 5.33. The molecule has 0 aromatic heterocycles. The van der Waals surface area contributed by atoms with Crippen molar-refractivity contribution in [1.29, 1.82) is 0 Å². The van der Waals surface area contributed by atoms with Gasteiger partial charge in [-0.25, -0.2) is 0 Å². The van der Waals surface area contributed by atoms with Crippen molar-refractivity contribution in [2.24, 2.45) is 0 Å². The van der Waals surface area contributed by atoms with Gasteiger partial charge in [0.15, 0.2) is 0 Å². The molecule has 1 aromatic carbocycles. The van der Waals surface area contributed by atoms with E-state index in [1.807, 2.05) is 45.0 Å². The van der Waals surface area contributed by atoms with Crippen LogP contribution in [0.25, 0.3) is 0 Å². The van der Waals surface area contributed by atoms with Gasteiger partial charge in [-0.3, -0.25) is 9.59 Å². The molecule has 2 N–H and O–H groups in total. The van der Waals surface area contributed by atoms with Crippen LogP contribution in [0.15, 0.2) is 24.3 Å². The largest absolute Gasteiger partial charge is 0.494 e. The predicted octanol–water partition coefficient (Wildman–Crippen LogP) is 1.27. The highest BCUT2D eigenvalue weighted by molar-refractivity contribution is 5.85. The Morgan fingerprint density at radius 1 is 1.15 bits per heavy atom. The number of ether oxygens (including phenoxy) is 1. The van der Waals surface area contributed by atoms with Crippen LogP contribution in [-0.4, -0.2) is 31.0 Å². The van der Waals surface area contributed by atoms with E-state index < -0.39 is 0 Å². The van der Waals surface area contributed by atoms with E-state index in [1.54, 1.807) is 0 Å². The maximum atomic E-state index is 11.7. The van der Waals surface area contributed by atoms with Crippen molar-refractivity contribution < 1.29 is 14.3 Å². The molecule has 0 unspecified atom stereocenters. The van der Waals surface area contributed by atoms with Gasteiger partial charge in [0.05, 0.1) is 19.6 Å². The molecule has 0 aliphatic rings. The quantitative estimate of drug-likeness (QED) is 0.789. The van der Waals surface area contributed by atoms with E-state index in [-0.39, 0.29) is 30.8 Å². The Hall–Kier alpha value is -2.04. The Balaban J connectivity index is 2.36. The second-order valence-electron chi connectivity index (χ2n) is 4.75.